The summed E-state index contributed by atoms with van der Waals surface area (Å²) in [6.07, 6.45) is 2.98. The number of carbonyl (C=O) groups excluding carboxylic acids is 1. The van der Waals surface area contributed by atoms with Gasteiger partial charge in [0.05, 0.1) is 0 Å². The van der Waals surface area contributed by atoms with Crippen LogP contribution in [-0.2, 0) is 9.47 Å². The first kappa shape index (κ1) is 17.2. The third kappa shape index (κ3) is 5.67. The summed E-state index contributed by atoms with van der Waals surface area (Å²) in [5.74, 6) is 0.504. The molecule has 0 aromatic rings. The number of methoxy groups -OCH3 is 1. The van der Waals surface area contributed by atoms with Crippen molar-refractivity contribution < 1.29 is 14.3 Å². The average Bonchev–Trinajstić information content (AvgIpc) is 2.82. The number of ether oxygens (including phenoxy) is 2. The van der Waals surface area contributed by atoms with Crippen molar-refractivity contribution in [2.24, 2.45) is 5.92 Å². The van der Waals surface area contributed by atoms with Crippen LogP contribution in [0.25, 0.3) is 0 Å². The lowest BCUT2D eigenvalue weighted by atomic mass is 9.95. The molecule has 118 valence electrons. The summed E-state index contributed by atoms with van der Waals surface area (Å²) in [5, 5.41) is 3.38. The lowest BCUT2D eigenvalue weighted by Crippen LogP contribution is -2.38. The standard InChI is InChI=1S/C15H30N2O3/c1-15(2,3)20-14(18)17-9-8-12(11-17)13(16-4)7-6-10-19-5/h12-13,16H,6-11H2,1-5H3. The second-order valence-corrected chi connectivity index (χ2v) is 6.51. The maximum absolute atomic E-state index is 12.0. The van der Waals surface area contributed by atoms with Gasteiger partial charge in [-0.05, 0) is 53.0 Å². The first-order valence-electron chi connectivity index (χ1n) is 7.51. The molecule has 0 aliphatic carbocycles. The Bertz CT molecular complexity index is 302. The average molecular weight is 286 g/mol. The molecule has 1 rings (SSSR count). The van der Waals surface area contributed by atoms with Crippen molar-refractivity contribution in [3.63, 3.8) is 0 Å². The van der Waals surface area contributed by atoms with Crippen LogP contribution in [0.1, 0.15) is 40.0 Å². The minimum absolute atomic E-state index is 0.188. The molecule has 0 radical (unpaired) electrons. The normalized spacial score (nSPS) is 21.1. The molecule has 1 N–H and O–H groups in total. The Balaban J connectivity index is 2.42. The predicted octanol–water partition coefficient (Wildman–Crippen LogP) is 2.26. The highest BCUT2D eigenvalue weighted by atomic mass is 16.6. The van der Waals surface area contributed by atoms with Crippen molar-refractivity contribution in [3.05, 3.63) is 0 Å². The van der Waals surface area contributed by atoms with Gasteiger partial charge in [-0.2, -0.15) is 0 Å². The topological polar surface area (TPSA) is 50.8 Å². The highest BCUT2D eigenvalue weighted by molar-refractivity contribution is 5.68. The first-order valence-corrected chi connectivity index (χ1v) is 7.51. The maximum atomic E-state index is 12.0. The van der Waals surface area contributed by atoms with Gasteiger partial charge in [0, 0.05) is 32.8 Å². The molecule has 1 aliphatic heterocycles. The third-order valence-corrected chi connectivity index (χ3v) is 3.68. The predicted molar refractivity (Wildman–Crippen MR) is 79.9 cm³/mol. The SMILES string of the molecule is CNC(CCCOC)C1CCN(C(=O)OC(C)(C)C)C1. The van der Waals surface area contributed by atoms with Gasteiger partial charge in [0.25, 0.3) is 0 Å². The molecule has 0 spiro atoms. The van der Waals surface area contributed by atoms with Crippen LogP contribution in [0.5, 0.6) is 0 Å². The summed E-state index contributed by atoms with van der Waals surface area (Å²) < 4.78 is 10.5. The lowest BCUT2D eigenvalue weighted by molar-refractivity contribution is 0.0285. The van der Waals surface area contributed by atoms with Crippen molar-refractivity contribution in [1.82, 2.24) is 10.2 Å². The minimum atomic E-state index is -0.421. The molecule has 1 aliphatic rings. The number of nitrogens with zero attached hydrogens (tertiary/aromatic N) is 1. The number of hydrogen-bond acceptors (Lipinski definition) is 4. The van der Waals surface area contributed by atoms with Crippen molar-refractivity contribution in [1.29, 1.82) is 0 Å². The van der Waals surface area contributed by atoms with Crippen LogP contribution in [-0.4, -0.2) is 56.5 Å². The van der Waals surface area contributed by atoms with Crippen molar-refractivity contribution in [2.45, 2.75) is 51.7 Å². The minimum Gasteiger partial charge on any atom is -0.444 e. The zero-order valence-corrected chi connectivity index (χ0v) is 13.6. The fourth-order valence-corrected chi connectivity index (χ4v) is 2.67. The van der Waals surface area contributed by atoms with Crippen molar-refractivity contribution in [2.75, 3.05) is 33.9 Å². The molecule has 1 saturated heterocycles. The largest absolute Gasteiger partial charge is 0.444 e. The molecule has 0 bridgehead atoms. The highest BCUT2D eigenvalue weighted by Crippen LogP contribution is 2.24. The summed E-state index contributed by atoms with van der Waals surface area (Å²) in [6.45, 7) is 8.08. The summed E-state index contributed by atoms with van der Waals surface area (Å²) >= 11 is 0. The van der Waals surface area contributed by atoms with Gasteiger partial charge in [0.15, 0.2) is 0 Å². The number of nitrogens with one attached hydrogen (secondary N) is 1. The van der Waals surface area contributed by atoms with E-state index < -0.39 is 5.60 Å². The van der Waals surface area contributed by atoms with E-state index in [1.807, 2.05) is 32.7 Å². The van der Waals surface area contributed by atoms with Crippen LogP contribution in [0.2, 0.25) is 0 Å². The van der Waals surface area contributed by atoms with E-state index >= 15 is 0 Å². The summed E-state index contributed by atoms with van der Waals surface area (Å²) in [7, 11) is 3.72. The third-order valence-electron chi connectivity index (χ3n) is 3.68. The summed E-state index contributed by atoms with van der Waals surface area (Å²) in [5.41, 5.74) is -0.421. The van der Waals surface area contributed by atoms with E-state index in [1.165, 1.54) is 0 Å². The highest BCUT2D eigenvalue weighted by Gasteiger charge is 2.33. The Morgan fingerprint density at radius 1 is 1.45 bits per heavy atom. The fourth-order valence-electron chi connectivity index (χ4n) is 2.67. The van der Waals surface area contributed by atoms with E-state index in [-0.39, 0.29) is 6.09 Å². The van der Waals surface area contributed by atoms with Gasteiger partial charge in [-0.25, -0.2) is 4.79 Å². The van der Waals surface area contributed by atoms with E-state index in [0.29, 0.717) is 12.0 Å². The van der Waals surface area contributed by atoms with Crippen molar-refractivity contribution in [3.8, 4) is 0 Å². The second kappa shape index (κ2) is 7.84. The zero-order chi connectivity index (χ0) is 15.2. The van der Waals surface area contributed by atoms with E-state index in [9.17, 15) is 4.79 Å². The zero-order valence-electron chi connectivity index (χ0n) is 13.6. The van der Waals surface area contributed by atoms with Gasteiger partial charge < -0.3 is 19.7 Å². The van der Waals surface area contributed by atoms with Crippen LogP contribution in [0, 0.1) is 5.92 Å². The van der Waals surface area contributed by atoms with Crippen LogP contribution < -0.4 is 5.32 Å². The molecule has 0 aromatic heterocycles. The van der Waals surface area contributed by atoms with Gasteiger partial charge in [-0.15, -0.1) is 0 Å². The Labute approximate surface area is 123 Å². The molecular formula is C15H30N2O3. The van der Waals surface area contributed by atoms with Gasteiger partial charge in [-0.1, -0.05) is 0 Å². The molecule has 1 amide bonds. The summed E-state index contributed by atoms with van der Waals surface area (Å²) in [6, 6.07) is 0.442. The van der Waals surface area contributed by atoms with Crippen LogP contribution in [0.4, 0.5) is 4.79 Å². The first-order chi connectivity index (χ1) is 9.37. The van der Waals surface area contributed by atoms with E-state index in [4.69, 9.17) is 9.47 Å². The Morgan fingerprint density at radius 3 is 2.70 bits per heavy atom. The molecule has 2 unspecified atom stereocenters. The molecule has 5 heteroatoms. The number of hydrogen-bond donors (Lipinski definition) is 1. The van der Waals surface area contributed by atoms with Gasteiger partial charge >= 0.3 is 6.09 Å². The summed E-state index contributed by atoms with van der Waals surface area (Å²) in [4.78, 5) is 13.9. The second-order valence-electron chi connectivity index (χ2n) is 6.51. The van der Waals surface area contributed by atoms with E-state index in [1.54, 1.807) is 7.11 Å². The molecule has 0 saturated carbocycles. The Hall–Kier alpha value is -0.810. The lowest BCUT2D eigenvalue weighted by Gasteiger charge is -2.26. The number of amides is 1. The maximum Gasteiger partial charge on any atom is 0.410 e. The number of likely N-dealkylation sites (tertiary alicyclic amines) is 1. The Morgan fingerprint density at radius 2 is 2.15 bits per heavy atom. The molecule has 0 aromatic carbocycles. The fraction of sp³-hybridized carbons (Fsp3) is 0.933. The number of rotatable bonds is 6. The molecule has 2 atom stereocenters. The van der Waals surface area contributed by atoms with Gasteiger partial charge in [0.2, 0.25) is 0 Å². The van der Waals surface area contributed by atoms with Gasteiger partial charge in [-0.3, -0.25) is 0 Å². The molecular weight excluding hydrogens is 256 g/mol. The molecule has 1 fully saturated rings. The monoisotopic (exact) mass is 286 g/mol. The smallest absolute Gasteiger partial charge is 0.410 e. The molecule has 1 heterocycles. The molecule has 5 nitrogen and oxygen atoms in total. The van der Waals surface area contributed by atoms with Crippen LogP contribution in [0.3, 0.4) is 0 Å². The van der Waals surface area contributed by atoms with Crippen molar-refractivity contribution >= 4 is 6.09 Å². The Kier molecular flexibility index (Phi) is 6.76. The molecule has 20 heavy (non-hydrogen) atoms. The van der Waals surface area contributed by atoms with E-state index in [0.717, 1.165) is 39.0 Å². The van der Waals surface area contributed by atoms with Crippen LogP contribution in [0.15, 0.2) is 0 Å². The van der Waals surface area contributed by atoms with E-state index in [2.05, 4.69) is 5.32 Å². The van der Waals surface area contributed by atoms with Gasteiger partial charge in [0.1, 0.15) is 5.60 Å². The van der Waals surface area contributed by atoms with Crippen LogP contribution >= 0.6 is 0 Å². The quantitative estimate of drug-likeness (QED) is 0.761. The number of carbonyl (C=O) groups is 1.